The van der Waals surface area contributed by atoms with Crippen LogP contribution in [0, 0.1) is 0 Å². The van der Waals surface area contributed by atoms with Gasteiger partial charge in [-0.1, -0.05) is 26.0 Å². The fraction of sp³-hybridized carbons (Fsp3) is 0.455. The van der Waals surface area contributed by atoms with Gasteiger partial charge in [0.2, 0.25) is 0 Å². The summed E-state index contributed by atoms with van der Waals surface area (Å²) in [5.74, 6) is 1.37. The van der Waals surface area contributed by atoms with Gasteiger partial charge in [0.1, 0.15) is 5.75 Å². The summed E-state index contributed by atoms with van der Waals surface area (Å²) in [5, 5.41) is 8.94. The van der Waals surface area contributed by atoms with Crippen LogP contribution in [-0.4, -0.2) is 10.9 Å². The van der Waals surface area contributed by atoms with Gasteiger partial charge < -0.3 is 5.11 Å². The second kappa shape index (κ2) is 7.99. The summed E-state index contributed by atoms with van der Waals surface area (Å²) in [6, 6.07) is 7.31. The van der Waals surface area contributed by atoms with Crippen LogP contribution in [0.25, 0.3) is 0 Å². The van der Waals surface area contributed by atoms with Crippen molar-refractivity contribution < 1.29 is 5.11 Å². The molecule has 0 saturated heterocycles. The van der Waals surface area contributed by atoms with Crippen molar-refractivity contribution in [3.63, 3.8) is 0 Å². The predicted molar refractivity (Wildman–Crippen MR) is 61.6 cm³/mol. The topological polar surface area (TPSA) is 20.2 Å². The largest absolute Gasteiger partial charge is 0.508 e. The van der Waals surface area contributed by atoms with Crippen molar-refractivity contribution in [1.29, 1.82) is 0 Å². The summed E-state index contributed by atoms with van der Waals surface area (Å²) in [6.45, 7) is 4.17. The van der Waals surface area contributed by atoms with Gasteiger partial charge in [0.25, 0.3) is 0 Å². The van der Waals surface area contributed by atoms with Crippen molar-refractivity contribution in [2.45, 2.75) is 26.7 Å². The van der Waals surface area contributed by atoms with Crippen molar-refractivity contribution in [3.05, 3.63) is 29.8 Å². The Labute approximate surface area is 86.2 Å². The fourth-order valence-electron chi connectivity index (χ4n) is 0.776. The molecule has 0 aliphatic heterocycles. The molecule has 1 N–H and O–H groups in total. The normalized spacial score (nSPS) is 8.85. The van der Waals surface area contributed by atoms with Gasteiger partial charge >= 0.3 is 0 Å². The molecule has 0 amide bonds. The van der Waals surface area contributed by atoms with Crippen LogP contribution in [0.3, 0.4) is 0 Å². The van der Waals surface area contributed by atoms with E-state index in [9.17, 15) is 0 Å². The Balaban J connectivity index is 0.000000310. The average molecular weight is 198 g/mol. The molecule has 0 unspecified atom stereocenters. The molecule has 0 bridgehead atoms. The molecule has 1 rings (SSSR count). The monoisotopic (exact) mass is 198 g/mol. The summed E-state index contributed by atoms with van der Waals surface area (Å²) in [5.41, 5.74) is 1.18. The highest BCUT2D eigenvalue weighted by atomic mass is 32.1. The lowest BCUT2D eigenvalue weighted by Crippen LogP contribution is -1.75. The lowest BCUT2D eigenvalue weighted by molar-refractivity contribution is 0.474. The van der Waals surface area contributed by atoms with Gasteiger partial charge in [-0.25, -0.2) is 0 Å². The van der Waals surface area contributed by atoms with Crippen LogP contribution in [0.4, 0.5) is 0 Å². The number of rotatable bonds is 2. The highest BCUT2D eigenvalue weighted by Gasteiger charge is 1.87. The Kier molecular flexibility index (Phi) is 7.60. The third kappa shape index (κ3) is 6.52. The molecule has 74 valence electrons. The first kappa shape index (κ1) is 12.4. The quantitative estimate of drug-likeness (QED) is 0.699. The van der Waals surface area contributed by atoms with Crippen molar-refractivity contribution in [2.75, 3.05) is 5.75 Å². The van der Waals surface area contributed by atoms with Crippen LogP contribution in [0.5, 0.6) is 5.75 Å². The van der Waals surface area contributed by atoms with Crippen LogP contribution >= 0.6 is 12.6 Å². The Morgan fingerprint density at radius 2 is 1.92 bits per heavy atom. The van der Waals surface area contributed by atoms with E-state index >= 15 is 0 Å². The molecule has 2 heteroatoms. The minimum Gasteiger partial charge on any atom is -0.508 e. The molecule has 0 radical (unpaired) electrons. The number of hydrogen-bond donors (Lipinski definition) is 2. The van der Waals surface area contributed by atoms with Gasteiger partial charge in [-0.2, -0.15) is 12.6 Å². The molecule has 0 aliphatic rings. The van der Waals surface area contributed by atoms with Crippen LogP contribution in [-0.2, 0) is 6.42 Å². The third-order valence-electron chi connectivity index (χ3n) is 1.54. The van der Waals surface area contributed by atoms with E-state index in [1.807, 2.05) is 12.1 Å². The number of aryl methyl sites for hydroxylation is 1. The van der Waals surface area contributed by atoms with Crippen LogP contribution in [0.15, 0.2) is 24.3 Å². The predicted octanol–water partition coefficient (Wildman–Crippen LogP) is 3.28. The molecule has 1 nitrogen and oxygen atoms in total. The Morgan fingerprint density at radius 3 is 2.23 bits per heavy atom. The number of aromatic hydroxyl groups is 1. The Morgan fingerprint density at radius 1 is 1.31 bits per heavy atom. The van der Waals surface area contributed by atoms with Crippen molar-refractivity contribution in [3.8, 4) is 5.75 Å². The van der Waals surface area contributed by atoms with E-state index in [4.69, 9.17) is 5.11 Å². The second-order valence-electron chi connectivity index (χ2n) is 2.75. The van der Waals surface area contributed by atoms with Gasteiger partial charge in [0, 0.05) is 0 Å². The lowest BCUT2D eigenvalue weighted by atomic mass is 10.2. The minimum atomic E-state index is 0.356. The zero-order valence-electron chi connectivity index (χ0n) is 8.33. The van der Waals surface area contributed by atoms with Crippen molar-refractivity contribution in [2.24, 2.45) is 0 Å². The standard InChI is InChI=1S/C8H10O.C3H8S/c1-2-7-4-3-5-8(9)6-7;1-2-3-4/h3-6,9H,2H2,1H3;4H,2-3H2,1H3. The maximum atomic E-state index is 8.94. The lowest BCUT2D eigenvalue weighted by Gasteiger charge is -1.94. The van der Waals surface area contributed by atoms with Crippen molar-refractivity contribution >= 4 is 12.6 Å². The summed E-state index contributed by atoms with van der Waals surface area (Å²) < 4.78 is 0. The molecule has 13 heavy (non-hydrogen) atoms. The molecule has 0 aromatic heterocycles. The van der Waals surface area contributed by atoms with Crippen LogP contribution < -0.4 is 0 Å². The number of hydrogen-bond acceptors (Lipinski definition) is 2. The van der Waals surface area contributed by atoms with Gasteiger partial charge in [-0.05, 0) is 36.3 Å². The molecule has 0 atom stereocenters. The average Bonchev–Trinajstić information content (AvgIpc) is 2.18. The van der Waals surface area contributed by atoms with E-state index in [-0.39, 0.29) is 0 Å². The van der Waals surface area contributed by atoms with Gasteiger partial charge in [-0.15, -0.1) is 0 Å². The molecule has 1 aromatic carbocycles. The third-order valence-corrected chi connectivity index (χ3v) is 1.99. The second-order valence-corrected chi connectivity index (χ2v) is 3.19. The minimum absolute atomic E-state index is 0.356. The number of phenolic OH excluding ortho intramolecular Hbond substituents is 1. The smallest absolute Gasteiger partial charge is 0.115 e. The highest BCUT2D eigenvalue weighted by molar-refractivity contribution is 7.80. The number of phenols is 1. The Hall–Kier alpha value is -0.630. The summed E-state index contributed by atoms with van der Waals surface area (Å²) in [6.07, 6.45) is 2.16. The molecule has 0 heterocycles. The van der Waals surface area contributed by atoms with E-state index in [1.165, 1.54) is 12.0 Å². The van der Waals surface area contributed by atoms with Gasteiger partial charge in [-0.3, -0.25) is 0 Å². The SMILES string of the molecule is CCCS.CCc1cccc(O)c1. The zero-order valence-corrected chi connectivity index (χ0v) is 9.22. The van der Waals surface area contributed by atoms with Gasteiger partial charge in [0.05, 0.1) is 0 Å². The molecule has 0 spiro atoms. The molecular formula is C11H18OS. The van der Waals surface area contributed by atoms with Crippen molar-refractivity contribution in [1.82, 2.24) is 0 Å². The van der Waals surface area contributed by atoms with E-state index in [0.29, 0.717) is 5.75 Å². The first-order chi connectivity index (χ1) is 6.24. The maximum Gasteiger partial charge on any atom is 0.115 e. The number of thiol groups is 1. The zero-order chi connectivity index (χ0) is 10.1. The Bertz CT molecular complexity index is 221. The summed E-state index contributed by atoms with van der Waals surface area (Å²) in [7, 11) is 0. The molecular weight excluding hydrogens is 180 g/mol. The van der Waals surface area contributed by atoms with Crippen LogP contribution in [0.2, 0.25) is 0 Å². The summed E-state index contributed by atoms with van der Waals surface area (Å²) in [4.78, 5) is 0. The molecule has 0 aliphatic carbocycles. The van der Waals surface area contributed by atoms with E-state index in [0.717, 1.165) is 12.2 Å². The van der Waals surface area contributed by atoms with E-state index in [2.05, 4.69) is 26.5 Å². The van der Waals surface area contributed by atoms with Gasteiger partial charge in [0.15, 0.2) is 0 Å². The first-order valence-corrected chi connectivity index (χ1v) is 5.26. The maximum absolute atomic E-state index is 8.94. The van der Waals surface area contributed by atoms with E-state index < -0.39 is 0 Å². The number of benzene rings is 1. The fourth-order valence-corrected chi connectivity index (χ4v) is 0.776. The molecule has 0 saturated carbocycles. The highest BCUT2D eigenvalue weighted by Crippen LogP contribution is 2.10. The molecule has 0 fully saturated rings. The van der Waals surface area contributed by atoms with Crippen LogP contribution in [0.1, 0.15) is 25.8 Å². The summed E-state index contributed by atoms with van der Waals surface area (Å²) >= 11 is 3.92. The van der Waals surface area contributed by atoms with E-state index in [1.54, 1.807) is 12.1 Å². The molecule has 1 aromatic rings. The first-order valence-electron chi connectivity index (χ1n) is 4.63.